The molecule has 0 aliphatic heterocycles. The molecule has 0 atom stereocenters. The highest BCUT2D eigenvalue weighted by molar-refractivity contribution is 5.43. The Labute approximate surface area is 135 Å². The second-order valence-electron chi connectivity index (χ2n) is 6.59. The summed E-state index contributed by atoms with van der Waals surface area (Å²) in [6.07, 6.45) is 7.12. The van der Waals surface area contributed by atoms with E-state index in [0.29, 0.717) is 0 Å². The molecule has 1 aliphatic carbocycles. The van der Waals surface area contributed by atoms with Crippen LogP contribution in [0.1, 0.15) is 60.3 Å². The summed E-state index contributed by atoms with van der Waals surface area (Å²) in [4.78, 5) is 0. The van der Waals surface area contributed by atoms with E-state index in [0.717, 1.165) is 11.6 Å². The van der Waals surface area contributed by atoms with E-state index in [1.165, 1.54) is 48.8 Å². The lowest BCUT2D eigenvalue weighted by Gasteiger charge is -2.21. The van der Waals surface area contributed by atoms with Gasteiger partial charge in [-0.05, 0) is 68.4 Å². The minimum Gasteiger partial charge on any atom is -0.399 e. The van der Waals surface area contributed by atoms with Gasteiger partial charge in [-0.2, -0.15) is 0 Å². The van der Waals surface area contributed by atoms with E-state index < -0.39 is 0 Å². The van der Waals surface area contributed by atoms with E-state index in [-0.39, 0.29) is 0 Å². The van der Waals surface area contributed by atoms with Crippen molar-refractivity contribution >= 4 is 5.69 Å². The first kappa shape index (κ1) is 16.6. The molecule has 1 aliphatic rings. The normalized spacial score (nSPS) is 15.0. The van der Waals surface area contributed by atoms with Crippen molar-refractivity contribution in [1.82, 2.24) is 0 Å². The highest BCUT2D eigenvalue weighted by Gasteiger charge is 2.14. The molecule has 0 aromatic heterocycles. The minimum atomic E-state index is 0.845. The molecular formula is C21H29N. The molecule has 0 amide bonds. The molecule has 3 rings (SSSR count). The standard InChI is InChI=1S/C13H18.C8H11N/c1-11-7-9-13(10-8-11)12-5-3-2-4-6-12;1-6-3-4-8(9)5-7(6)2/h7-10,12H,2-6H2,1H3;3-5H,9H2,1-2H3. The summed E-state index contributed by atoms with van der Waals surface area (Å²) in [5.74, 6) is 0.856. The number of rotatable bonds is 1. The van der Waals surface area contributed by atoms with Crippen molar-refractivity contribution in [3.8, 4) is 0 Å². The minimum absolute atomic E-state index is 0.845. The van der Waals surface area contributed by atoms with Gasteiger partial charge in [0.25, 0.3) is 0 Å². The lowest BCUT2D eigenvalue weighted by atomic mass is 9.84. The summed E-state index contributed by atoms with van der Waals surface area (Å²) in [6, 6.07) is 15.0. The van der Waals surface area contributed by atoms with Crippen molar-refractivity contribution in [3.63, 3.8) is 0 Å². The van der Waals surface area contributed by atoms with Gasteiger partial charge in [-0.1, -0.05) is 55.2 Å². The maximum Gasteiger partial charge on any atom is 0.0316 e. The van der Waals surface area contributed by atoms with Crippen molar-refractivity contribution < 1.29 is 0 Å². The highest BCUT2D eigenvalue weighted by Crippen LogP contribution is 2.32. The van der Waals surface area contributed by atoms with Crippen LogP contribution in [-0.4, -0.2) is 0 Å². The SMILES string of the molecule is Cc1ccc(C2CCCCC2)cc1.Cc1ccc(N)cc1C. The van der Waals surface area contributed by atoms with Gasteiger partial charge < -0.3 is 5.73 Å². The fourth-order valence-corrected chi connectivity index (χ4v) is 3.04. The molecule has 1 heteroatoms. The smallest absolute Gasteiger partial charge is 0.0316 e. The van der Waals surface area contributed by atoms with E-state index in [4.69, 9.17) is 5.73 Å². The predicted molar refractivity (Wildman–Crippen MR) is 97.3 cm³/mol. The maximum absolute atomic E-state index is 5.53. The number of hydrogen-bond donors (Lipinski definition) is 1. The van der Waals surface area contributed by atoms with Gasteiger partial charge in [-0.25, -0.2) is 0 Å². The van der Waals surface area contributed by atoms with Crippen LogP contribution in [0.5, 0.6) is 0 Å². The number of benzene rings is 2. The molecule has 0 unspecified atom stereocenters. The van der Waals surface area contributed by atoms with Crippen LogP contribution in [0, 0.1) is 20.8 Å². The summed E-state index contributed by atoms with van der Waals surface area (Å²) < 4.78 is 0. The molecule has 1 saturated carbocycles. The van der Waals surface area contributed by atoms with Gasteiger partial charge >= 0.3 is 0 Å². The third-order valence-electron chi connectivity index (χ3n) is 4.68. The van der Waals surface area contributed by atoms with Crippen molar-refractivity contribution in [1.29, 1.82) is 0 Å². The quantitative estimate of drug-likeness (QED) is 0.648. The van der Waals surface area contributed by atoms with Gasteiger partial charge in [0, 0.05) is 5.69 Å². The number of hydrogen-bond acceptors (Lipinski definition) is 1. The van der Waals surface area contributed by atoms with Crippen molar-refractivity contribution in [2.75, 3.05) is 5.73 Å². The molecule has 2 aromatic carbocycles. The Morgan fingerprint density at radius 3 is 1.95 bits per heavy atom. The molecule has 22 heavy (non-hydrogen) atoms. The largest absolute Gasteiger partial charge is 0.399 e. The average Bonchev–Trinajstić information content (AvgIpc) is 2.53. The van der Waals surface area contributed by atoms with Crippen LogP contribution in [0.2, 0.25) is 0 Å². The van der Waals surface area contributed by atoms with Gasteiger partial charge in [0.05, 0.1) is 0 Å². The zero-order valence-electron chi connectivity index (χ0n) is 14.2. The summed E-state index contributed by atoms with van der Waals surface area (Å²) in [5.41, 5.74) is 11.9. The van der Waals surface area contributed by atoms with E-state index in [1.54, 1.807) is 5.56 Å². The summed E-state index contributed by atoms with van der Waals surface area (Å²) in [5, 5.41) is 0. The van der Waals surface area contributed by atoms with E-state index in [9.17, 15) is 0 Å². The lowest BCUT2D eigenvalue weighted by Crippen LogP contribution is -2.04. The Kier molecular flexibility index (Phi) is 6.06. The van der Waals surface area contributed by atoms with Crippen molar-refractivity contribution in [2.45, 2.75) is 58.8 Å². The fraction of sp³-hybridized carbons (Fsp3) is 0.429. The van der Waals surface area contributed by atoms with Crippen LogP contribution in [-0.2, 0) is 0 Å². The van der Waals surface area contributed by atoms with E-state index in [1.807, 2.05) is 18.2 Å². The highest BCUT2D eigenvalue weighted by atomic mass is 14.5. The van der Waals surface area contributed by atoms with Gasteiger partial charge in [0.15, 0.2) is 0 Å². The van der Waals surface area contributed by atoms with E-state index >= 15 is 0 Å². The Morgan fingerprint density at radius 1 is 0.773 bits per heavy atom. The summed E-state index contributed by atoms with van der Waals surface area (Å²) >= 11 is 0. The van der Waals surface area contributed by atoms with Gasteiger partial charge in [-0.15, -0.1) is 0 Å². The molecule has 118 valence electrons. The molecule has 2 N–H and O–H groups in total. The summed E-state index contributed by atoms with van der Waals surface area (Å²) in [7, 11) is 0. The molecule has 0 bridgehead atoms. The van der Waals surface area contributed by atoms with Crippen LogP contribution in [0.4, 0.5) is 5.69 Å². The average molecular weight is 295 g/mol. The van der Waals surface area contributed by atoms with Crippen LogP contribution >= 0.6 is 0 Å². The zero-order valence-corrected chi connectivity index (χ0v) is 14.2. The van der Waals surface area contributed by atoms with Crippen molar-refractivity contribution in [3.05, 3.63) is 64.7 Å². The Bertz CT molecular complexity index is 577. The molecule has 0 heterocycles. The number of aryl methyl sites for hydroxylation is 3. The van der Waals surface area contributed by atoms with Gasteiger partial charge in [-0.3, -0.25) is 0 Å². The number of nitrogen functional groups attached to an aromatic ring is 1. The van der Waals surface area contributed by atoms with E-state index in [2.05, 4.69) is 45.0 Å². The first-order valence-electron chi connectivity index (χ1n) is 8.45. The van der Waals surface area contributed by atoms with Crippen LogP contribution < -0.4 is 5.73 Å². The topological polar surface area (TPSA) is 26.0 Å². The first-order valence-corrected chi connectivity index (χ1v) is 8.45. The first-order chi connectivity index (χ1) is 10.6. The molecular weight excluding hydrogens is 266 g/mol. The molecule has 0 radical (unpaired) electrons. The second-order valence-corrected chi connectivity index (χ2v) is 6.59. The van der Waals surface area contributed by atoms with Crippen LogP contribution in [0.25, 0.3) is 0 Å². The van der Waals surface area contributed by atoms with Crippen molar-refractivity contribution in [2.24, 2.45) is 0 Å². The summed E-state index contributed by atoms with van der Waals surface area (Å²) in [6.45, 7) is 6.30. The molecule has 2 aromatic rings. The number of anilines is 1. The molecule has 0 saturated heterocycles. The molecule has 1 fully saturated rings. The monoisotopic (exact) mass is 295 g/mol. The Balaban J connectivity index is 0.000000172. The van der Waals surface area contributed by atoms with Gasteiger partial charge in [0.2, 0.25) is 0 Å². The molecule has 1 nitrogen and oxygen atoms in total. The Morgan fingerprint density at radius 2 is 1.41 bits per heavy atom. The van der Waals surface area contributed by atoms with Crippen LogP contribution in [0.3, 0.4) is 0 Å². The number of nitrogens with two attached hydrogens (primary N) is 1. The fourth-order valence-electron chi connectivity index (χ4n) is 3.04. The Hall–Kier alpha value is -1.76. The molecule has 0 spiro atoms. The maximum atomic E-state index is 5.53. The third-order valence-corrected chi connectivity index (χ3v) is 4.68. The van der Waals surface area contributed by atoms with Gasteiger partial charge in [0.1, 0.15) is 0 Å². The van der Waals surface area contributed by atoms with Crippen LogP contribution in [0.15, 0.2) is 42.5 Å². The second kappa shape index (κ2) is 8.03. The lowest BCUT2D eigenvalue weighted by molar-refractivity contribution is 0.443. The predicted octanol–water partition coefficient (Wildman–Crippen LogP) is 5.93. The third kappa shape index (κ3) is 4.91. The zero-order chi connectivity index (χ0) is 15.9.